The normalized spacial score (nSPS) is 21.9. The summed E-state index contributed by atoms with van der Waals surface area (Å²) in [5.41, 5.74) is 3.68. The Morgan fingerprint density at radius 3 is 2.65 bits per heavy atom. The standard InChI is InChI=1S/C18H27NO/c1-13-8-9-16(14(2)11-13)19(5)12-15-7-6-10-18(3,4)17(15)20/h8-9,11,15H,6-7,10,12H2,1-5H3. The Bertz CT molecular complexity index is 504. The lowest BCUT2D eigenvalue weighted by atomic mass is 9.71. The number of benzene rings is 1. The van der Waals surface area contributed by atoms with Crippen LogP contribution >= 0.6 is 0 Å². The third-order valence-corrected chi connectivity index (χ3v) is 4.65. The molecule has 0 radical (unpaired) electrons. The summed E-state index contributed by atoms with van der Waals surface area (Å²) < 4.78 is 0. The van der Waals surface area contributed by atoms with Gasteiger partial charge in [-0.3, -0.25) is 4.79 Å². The molecular formula is C18H27NO. The fourth-order valence-corrected chi connectivity index (χ4v) is 3.43. The predicted octanol–water partition coefficient (Wildman–Crippen LogP) is 4.14. The Morgan fingerprint density at radius 2 is 2.00 bits per heavy atom. The van der Waals surface area contributed by atoms with Crippen LogP contribution in [0.1, 0.15) is 44.2 Å². The molecule has 1 unspecified atom stereocenters. The maximum Gasteiger partial charge on any atom is 0.143 e. The molecule has 1 aromatic rings. The van der Waals surface area contributed by atoms with E-state index in [0.29, 0.717) is 5.78 Å². The van der Waals surface area contributed by atoms with E-state index in [1.165, 1.54) is 23.2 Å². The van der Waals surface area contributed by atoms with E-state index in [1.54, 1.807) is 0 Å². The molecule has 0 saturated heterocycles. The lowest BCUT2D eigenvalue weighted by Crippen LogP contribution is -2.41. The van der Waals surface area contributed by atoms with Gasteiger partial charge >= 0.3 is 0 Å². The van der Waals surface area contributed by atoms with Gasteiger partial charge in [-0.25, -0.2) is 0 Å². The summed E-state index contributed by atoms with van der Waals surface area (Å²) in [7, 11) is 2.10. The van der Waals surface area contributed by atoms with Crippen molar-refractivity contribution in [1.29, 1.82) is 0 Å². The van der Waals surface area contributed by atoms with Gasteiger partial charge in [-0.15, -0.1) is 0 Å². The highest BCUT2D eigenvalue weighted by molar-refractivity contribution is 5.87. The van der Waals surface area contributed by atoms with Crippen molar-refractivity contribution in [2.24, 2.45) is 11.3 Å². The molecule has 1 atom stereocenters. The van der Waals surface area contributed by atoms with E-state index in [-0.39, 0.29) is 11.3 Å². The third kappa shape index (κ3) is 3.05. The summed E-state index contributed by atoms with van der Waals surface area (Å²) in [6, 6.07) is 6.52. The number of ketones is 1. The molecule has 0 bridgehead atoms. The highest BCUT2D eigenvalue weighted by Gasteiger charge is 2.37. The average Bonchev–Trinajstić information content (AvgIpc) is 2.34. The van der Waals surface area contributed by atoms with Gasteiger partial charge in [0.05, 0.1) is 0 Å². The quantitative estimate of drug-likeness (QED) is 0.825. The molecule has 0 aromatic heterocycles. The highest BCUT2D eigenvalue weighted by atomic mass is 16.1. The minimum atomic E-state index is -0.133. The Hall–Kier alpha value is -1.31. The fraction of sp³-hybridized carbons (Fsp3) is 0.611. The molecule has 1 aliphatic carbocycles. The van der Waals surface area contributed by atoms with Crippen LogP contribution in [0.15, 0.2) is 18.2 Å². The largest absolute Gasteiger partial charge is 0.374 e. The van der Waals surface area contributed by atoms with E-state index in [0.717, 1.165) is 19.4 Å². The molecule has 0 N–H and O–H groups in total. The number of hydrogen-bond acceptors (Lipinski definition) is 2. The Morgan fingerprint density at radius 1 is 1.30 bits per heavy atom. The van der Waals surface area contributed by atoms with Crippen LogP contribution in [-0.2, 0) is 4.79 Å². The summed E-state index contributed by atoms with van der Waals surface area (Å²) in [4.78, 5) is 14.8. The molecule has 1 fully saturated rings. The second kappa shape index (κ2) is 5.59. The Kier molecular flexibility index (Phi) is 4.22. The van der Waals surface area contributed by atoms with Gasteiger partial charge in [-0.1, -0.05) is 38.0 Å². The maximum atomic E-state index is 12.5. The van der Waals surface area contributed by atoms with Crippen molar-refractivity contribution in [2.45, 2.75) is 47.0 Å². The van der Waals surface area contributed by atoms with Gasteiger partial charge in [0.15, 0.2) is 0 Å². The number of carbonyl (C=O) groups is 1. The van der Waals surface area contributed by atoms with E-state index >= 15 is 0 Å². The van der Waals surface area contributed by atoms with Crippen LogP contribution < -0.4 is 4.90 Å². The fourth-order valence-electron chi connectivity index (χ4n) is 3.43. The smallest absolute Gasteiger partial charge is 0.143 e. The second-order valence-corrected chi connectivity index (χ2v) is 7.01. The molecule has 1 saturated carbocycles. The molecule has 1 aromatic carbocycles. The molecule has 0 spiro atoms. The van der Waals surface area contributed by atoms with Crippen molar-refractivity contribution in [3.05, 3.63) is 29.3 Å². The first-order valence-electron chi connectivity index (χ1n) is 7.64. The predicted molar refractivity (Wildman–Crippen MR) is 85.3 cm³/mol. The zero-order valence-corrected chi connectivity index (χ0v) is 13.5. The van der Waals surface area contributed by atoms with Gasteiger partial charge in [0, 0.05) is 30.6 Å². The SMILES string of the molecule is Cc1ccc(N(C)CC2CCCC(C)(C)C2=O)c(C)c1. The summed E-state index contributed by atoms with van der Waals surface area (Å²) in [6.45, 7) is 9.29. The van der Waals surface area contributed by atoms with E-state index < -0.39 is 0 Å². The molecule has 1 aliphatic rings. The van der Waals surface area contributed by atoms with Crippen molar-refractivity contribution in [3.63, 3.8) is 0 Å². The van der Waals surface area contributed by atoms with Crippen LogP contribution in [0.3, 0.4) is 0 Å². The van der Waals surface area contributed by atoms with Gasteiger partial charge in [0.1, 0.15) is 5.78 Å². The Labute approximate surface area is 123 Å². The number of anilines is 1. The van der Waals surface area contributed by atoms with E-state index in [4.69, 9.17) is 0 Å². The molecule has 0 heterocycles. The summed E-state index contributed by atoms with van der Waals surface area (Å²) in [6.07, 6.45) is 3.25. The first-order chi connectivity index (χ1) is 9.31. The van der Waals surface area contributed by atoms with Gasteiger partial charge in [0.25, 0.3) is 0 Å². The van der Waals surface area contributed by atoms with Crippen LogP contribution in [0.2, 0.25) is 0 Å². The number of hydrogen-bond donors (Lipinski definition) is 0. The first-order valence-corrected chi connectivity index (χ1v) is 7.64. The molecule has 110 valence electrons. The van der Waals surface area contributed by atoms with E-state index in [2.05, 4.69) is 57.8 Å². The van der Waals surface area contributed by atoms with Gasteiger partial charge in [-0.05, 0) is 38.3 Å². The number of aryl methyl sites for hydroxylation is 2. The first kappa shape index (κ1) is 15.1. The highest BCUT2D eigenvalue weighted by Crippen LogP contribution is 2.36. The van der Waals surface area contributed by atoms with Gasteiger partial charge < -0.3 is 4.90 Å². The van der Waals surface area contributed by atoms with Gasteiger partial charge in [-0.2, -0.15) is 0 Å². The molecule has 2 nitrogen and oxygen atoms in total. The number of Topliss-reactive ketones (excluding diaryl/α,β-unsaturated/α-hetero) is 1. The summed E-state index contributed by atoms with van der Waals surface area (Å²) in [5.74, 6) is 0.629. The van der Waals surface area contributed by atoms with E-state index in [9.17, 15) is 4.79 Å². The molecular weight excluding hydrogens is 246 g/mol. The number of rotatable bonds is 3. The molecule has 2 rings (SSSR count). The Balaban J connectivity index is 2.11. The van der Waals surface area contributed by atoms with Gasteiger partial charge in [0.2, 0.25) is 0 Å². The van der Waals surface area contributed by atoms with Crippen molar-refractivity contribution in [3.8, 4) is 0 Å². The maximum absolute atomic E-state index is 12.5. The monoisotopic (exact) mass is 273 g/mol. The van der Waals surface area contributed by atoms with Crippen LogP contribution in [0, 0.1) is 25.2 Å². The van der Waals surface area contributed by atoms with Crippen molar-refractivity contribution < 1.29 is 4.79 Å². The third-order valence-electron chi connectivity index (χ3n) is 4.65. The van der Waals surface area contributed by atoms with Crippen LogP contribution in [-0.4, -0.2) is 19.4 Å². The van der Waals surface area contributed by atoms with Crippen LogP contribution in [0.25, 0.3) is 0 Å². The number of nitrogens with zero attached hydrogens (tertiary/aromatic N) is 1. The minimum absolute atomic E-state index is 0.133. The molecule has 20 heavy (non-hydrogen) atoms. The van der Waals surface area contributed by atoms with Crippen molar-refractivity contribution in [2.75, 3.05) is 18.5 Å². The van der Waals surface area contributed by atoms with Crippen molar-refractivity contribution >= 4 is 11.5 Å². The lowest BCUT2D eigenvalue weighted by molar-refractivity contribution is -0.133. The van der Waals surface area contributed by atoms with Crippen molar-refractivity contribution in [1.82, 2.24) is 0 Å². The molecule has 0 aliphatic heterocycles. The molecule has 2 heteroatoms. The second-order valence-electron chi connectivity index (χ2n) is 7.01. The zero-order chi connectivity index (χ0) is 14.9. The number of carbonyl (C=O) groups excluding carboxylic acids is 1. The lowest BCUT2D eigenvalue weighted by Gasteiger charge is -2.36. The molecule has 0 amide bonds. The average molecular weight is 273 g/mol. The van der Waals surface area contributed by atoms with Crippen LogP contribution in [0.5, 0.6) is 0 Å². The summed E-state index contributed by atoms with van der Waals surface area (Å²) in [5, 5.41) is 0. The van der Waals surface area contributed by atoms with Crippen LogP contribution in [0.4, 0.5) is 5.69 Å². The zero-order valence-electron chi connectivity index (χ0n) is 13.5. The topological polar surface area (TPSA) is 20.3 Å². The minimum Gasteiger partial charge on any atom is -0.374 e. The van der Waals surface area contributed by atoms with E-state index in [1.807, 2.05) is 0 Å². The summed E-state index contributed by atoms with van der Waals surface area (Å²) >= 11 is 0.